The number of rotatable bonds is 8. The van der Waals surface area contributed by atoms with Crippen LogP contribution in [0.5, 0.6) is 0 Å². The molecule has 0 saturated carbocycles. The van der Waals surface area contributed by atoms with E-state index in [1.807, 2.05) is 6.92 Å². The van der Waals surface area contributed by atoms with E-state index in [0.717, 1.165) is 12.8 Å². The van der Waals surface area contributed by atoms with Crippen LogP contribution in [-0.4, -0.2) is 37.5 Å². The molecule has 0 aromatic rings. The van der Waals surface area contributed by atoms with Crippen LogP contribution < -0.4 is 0 Å². The first-order valence-electron chi connectivity index (χ1n) is 4.65. The van der Waals surface area contributed by atoms with Crippen molar-refractivity contribution in [2.75, 3.05) is 26.4 Å². The van der Waals surface area contributed by atoms with Crippen molar-refractivity contribution in [1.29, 1.82) is 0 Å². The van der Waals surface area contributed by atoms with Crippen molar-refractivity contribution in [3.63, 3.8) is 0 Å². The van der Waals surface area contributed by atoms with E-state index in [2.05, 4.69) is 0 Å². The Balaban J connectivity index is 3.11. The highest BCUT2D eigenvalue weighted by atomic mass is 16.6. The Hall–Kier alpha value is -0.610. The molecule has 4 nitrogen and oxygen atoms in total. The van der Waals surface area contributed by atoms with Gasteiger partial charge in [-0.2, -0.15) is 0 Å². The van der Waals surface area contributed by atoms with Gasteiger partial charge in [-0.3, -0.25) is 0 Å². The number of hydrogen-bond donors (Lipinski definition) is 1. The third kappa shape index (κ3) is 9.30. The first-order chi connectivity index (χ1) is 6.31. The average Bonchev–Trinajstić information content (AvgIpc) is 2.13. The maximum atomic E-state index is 10.9. The predicted molar refractivity (Wildman–Crippen MR) is 48.4 cm³/mol. The van der Waals surface area contributed by atoms with E-state index in [1.54, 1.807) is 0 Å². The second-order valence-corrected chi connectivity index (χ2v) is 2.70. The van der Waals surface area contributed by atoms with Gasteiger partial charge in [-0.1, -0.05) is 13.3 Å². The maximum Gasteiger partial charge on any atom is 0.332 e. The van der Waals surface area contributed by atoms with E-state index < -0.39 is 0 Å². The molecule has 0 aromatic carbocycles. The zero-order valence-electron chi connectivity index (χ0n) is 8.12. The number of carbonyl (C=O) groups excluding carboxylic acids is 1. The van der Waals surface area contributed by atoms with Gasteiger partial charge in [0.1, 0.15) is 6.61 Å². The van der Waals surface area contributed by atoms with E-state index in [9.17, 15) is 4.79 Å². The molecular weight excluding hydrogens is 172 g/mol. The summed E-state index contributed by atoms with van der Waals surface area (Å²) in [6.45, 7) is 2.98. The van der Waals surface area contributed by atoms with Crippen LogP contribution in [-0.2, 0) is 14.3 Å². The Kier molecular flexibility index (Phi) is 9.03. The van der Waals surface area contributed by atoms with Gasteiger partial charge in [0.15, 0.2) is 0 Å². The summed E-state index contributed by atoms with van der Waals surface area (Å²) < 4.78 is 9.77. The highest BCUT2D eigenvalue weighted by Crippen LogP contribution is 1.90. The lowest BCUT2D eigenvalue weighted by atomic mass is 10.4. The second kappa shape index (κ2) is 9.48. The summed E-state index contributed by atoms with van der Waals surface area (Å²) in [6, 6.07) is 0. The lowest BCUT2D eigenvalue weighted by molar-refractivity contribution is -0.149. The second-order valence-electron chi connectivity index (χ2n) is 2.70. The van der Waals surface area contributed by atoms with Gasteiger partial charge in [0.05, 0.1) is 6.61 Å². The smallest absolute Gasteiger partial charge is 0.332 e. The molecule has 13 heavy (non-hydrogen) atoms. The summed E-state index contributed by atoms with van der Waals surface area (Å²) in [5.74, 6) is -0.327. The molecule has 0 bridgehead atoms. The Morgan fingerprint density at radius 3 is 2.69 bits per heavy atom. The molecule has 1 N–H and O–H groups in total. The molecule has 0 aliphatic rings. The van der Waals surface area contributed by atoms with Gasteiger partial charge >= 0.3 is 5.97 Å². The van der Waals surface area contributed by atoms with Gasteiger partial charge in [-0.25, -0.2) is 4.79 Å². The van der Waals surface area contributed by atoms with E-state index in [0.29, 0.717) is 19.6 Å². The molecule has 0 aliphatic carbocycles. The van der Waals surface area contributed by atoms with Crippen LogP contribution in [0.2, 0.25) is 0 Å². The number of hydrogen-bond acceptors (Lipinski definition) is 4. The number of esters is 1. The summed E-state index contributed by atoms with van der Waals surface area (Å²) in [7, 11) is 0. The zero-order valence-corrected chi connectivity index (χ0v) is 8.12. The average molecular weight is 190 g/mol. The molecule has 4 heteroatoms. The Labute approximate surface area is 78.8 Å². The van der Waals surface area contributed by atoms with Crippen molar-refractivity contribution >= 4 is 5.97 Å². The topological polar surface area (TPSA) is 55.8 Å². The van der Waals surface area contributed by atoms with Crippen LogP contribution in [0.3, 0.4) is 0 Å². The third-order valence-electron chi connectivity index (χ3n) is 1.43. The van der Waals surface area contributed by atoms with Crippen molar-refractivity contribution < 1.29 is 19.4 Å². The fourth-order valence-corrected chi connectivity index (χ4v) is 0.694. The number of aliphatic hydroxyl groups is 1. The highest BCUT2D eigenvalue weighted by molar-refractivity contribution is 5.70. The summed E-state index contributed by atoms with van der Waals surface area (Å²) in [5.41, 5.74) is 0. The van der Waals surface area contributed by atoms with Crippen LogP contribution in [0.25, 0.3) is 0 Å². The minimum atomic E-state index is -0.327. The Morgan fingerprint density at radius 1 is 1.31 bits per heavy atom. The van der Waals surface area contributed by atoms with E-state index in [-0.39, 0.29) is 19.2 Å². The van der Waals surface area contributed by atoms with E-state index >= 15 is 0 Å². The third-order valence-corrected chi connectivity index (χ3v) is 1.43. The molecule has 0 atom stereocenters. The molecule has 0 radical (unpaired) electrons. The zero-order chi connectivity index (χ0) is 9.94. The molecule has 0 aliphatic heterocycles. The molecule has 0 aromatic heterocycles. The van der Waals surface area contributed by atoms with E-state index in [1.165, 1.54) is 0 Å². The number of ether oxygens (including phenoxy) is 2. The number of aliphatic hydroxyl groups excluding tert-OH is 1. The Bertz CT molecular complexity index is 125. The van der Waals surface area contributed by atoms with Crippen molar-refractivity contribution in [3.05, 3.63) is 0 Å². The predicted octanol–water partition coefficient (Wildman–Crippen LogP) is 0.729. The van der Waals surface area contributed by atoms with Crippen LogP contribution in [0.1, 0.15) is 26.2 Å². The molecule has 0 heterocycles. The first-order valence-corrected chi connectivity index (χ1v) is 4.65. The largest absolute Gasteiger partial charge is 0.464 e. The summed E-state index contributed by atoms with van der Waals surface area (Å²) in [5, 5.41) is 8.41. The maximum absolute atomic E-state index is 10.9. The number of unbranched alkanes of at least 4 members (excludes halogenated alkanes) is 1. The minimum Gasteiger partial charge on any atom is -0.464 e. The van der Waals surface area contributed by atoms with Crippen LogP contribution >= 0.6 is 0 Å². The first kappa shape index (κ1) is 12.4. The fraction of sp³-hybridized carbons (Fsp3) is 0.889. The quantitative estimate of drug-likeness (QED) is 0.453. The van der Waals surface area contributed by atoms with Crippen LogP contribution in [0.4, 0.5) is 0 Å². The molecule has 0 saturated heterocycles. The lowest BCUT2D eigenvalue weighted by Crippen LogP contribution is -2.14. The minimum absolute atomic E-state index is 0.0102. The Morgan fingerprint density at radius 2 is 2.08 bits per heavy atom. The summed E-state index contributed by atoms with van der Waals surface area (Å²) in [6.07, 6.45) is 2.46. The van der Waals surface area contributed by atoms with Gasteiger partial charge < -0.3 is 14.6 Å². The van der Waals surface area contributed by atoms with Crippen molar-refractivity contribution in [2.45, 2.75) is 26.2 Å². The van der Waals surface area contributed by atoms with Gasteiger partial charge in [0.25, 0.3) is 0 Å². The van der Waals surface area contributed by atoms with Gasteiger partial charge in [-0.05, 0) is 12.8 Å². The standard InChI is InChI=1S/C9H18O4/c1-2-3-7-13-9(11)8-12-6-4-5-10/h10H,2-8H2,1H3. The monoisotopic (exact) mass is 190 g/mol. The molecule has 78 valence electrons. The number of carbonyl (C=O) groups is 1. The van der Waals surface area contributed by atoms with Gasteiger partial charge in [-0.15, -0.1) is 0 Å². The van der Waals surface area contributed by atoms with Crippen LogP contribution in [0, 0.1) is 0 Å². The molecule has 0 spiro atoms. The molecule has 0 amide bonds. The SMILES string of the molecule is CCCCOC(=O)COCCCO. The van der Waals surface area contributed by atoms with Crippen molar-refractivity contribution in [3.8, 4) is 0 Å². The van der Waals surface area contributed by atoms with Crippen LogP contribution in [0.15, 0.2) is 0 Å². The molecule has 0 fully saturated rings. The van der Waals surface area contributed by atoms with Crippen molar-refractivity contribution in [2.24, 2.45) is 0 Å². The molecule has 0 unspecified atom stereocenters. The molecular formula is C9H18O4. The lowest BCUT2D eigenvalue weighted by Gasteiger charge is -2.04. The van der Waals surface area contributed by atoms with Crippen molar-refractivity contribution in [1.82, 2.24) is 0 Å². The highest BCUT2D eigenvalue weighted by Gasteiger charge is 2.01. The van der Waals surface area contributed by atoms with E-state index in [4.69, 9.17) is 14.6 Å². The normalized spacial score (nSPS) is 10.0. The van der Waals surface area contributed by atoms with Gasteiger partial charge in [0.2, 0.25) is 0 Å². The fourth-order valence-electron chi connectivity index (χ4n) is 0.694. The summed E-state index contributed by atoms with van der Waals surface area (Å²) >= 11 is 0. The summed E-state index contributed by atoms with van der Waals surface area (Å²) in [4.78, 5) is 10.9. The molecule has 0 rings (SSSR count). The van der Waals surface area contributed by atoms with Gasteiger partial charge in [0, 0.05) is 13.2 Å².